The predicted molar refractivity (Wildman–Crippen MR) is 120 cm³/mol. The van der Waals surface area contributed by atoms with Gasteiger partial charge in [0.1, 0.15) is 0 Å². The Morgan fingerprint density at radius 1 is 0.963 bits per heavy atom. The van der Waals surface area contributed by atoms with Crippen molar-refractivity contribution in [3.05, 3.63) is 99.5 Å². The number of hydrogen-bond acceptors (Lipinski definition) is 1. The summed E-state index contributed by atoms with van der Waals surface area (Å²) < 4.78 is 1.11. The van der Waals surface area contributed by atoms with Gasteiger partial charge in [-0.1, -0.05) is 46.3 Å². The molecule has 0 unspecified atom stereocenters. The van der Waals surface area contributed by atoms with Gasteiger partial charge in [-0.2, -0.15) is 0 Å². The van der Waals surface area contributed by atoms with Crippen molar-refractivity contribution in [1.29, 1.82) is 0 Å². The molecule has 0 amide bonds. The van der Waals surface area contributed by atoms with Crippen molar-refractivity contribution < 1.29 is 20.8 Å². The van der Waals surface area contributed by atoms with Crippen LogP contribution in [0.5, 0.6) is 0 Å². The Labute approximate surface area is 195 Å². The molecule has 0 saturated heterocycles. The number of hydrogen-bond donors (Lipinski definition) is 0. The molecular weight excluding hydrogens is 538 g/mol. The maximum Gasteiger partial charge on any atom is -0.0528 e. The fourth-order valence-corrected chi connectivity index (χ4v) is 3.54. The van der Waals surface area contributed by atoms with Gasteiger partial charge in [0.05, 0.1) is 0 Å². The topological polar surface area (TPSA) is 0 Å². The Bertz CT molecular complexity index is 928. The van der Waals surface area contributed by atoms with Gasteiger partial charge in [-0.05, 0) is 6.42 Å². The predicted octanol–water partition coefficient (Wildman–Crippen LogP) is 6.98. The van der Waals surface area contributed by atoms with Crippen LogP contribution in [0.4, 0.5) is 0 Å². The molecule has 2 aliphatic rings. The summed E-state index contributed by atoms with van der Waals surface area (Å²) in [7, 11) is 9.87. The van der Waals surface area contributed by atoms with E-state index in [4.69, 9.17) is 17.0 Å². The van der Waals surface area contributed by atoms with E-state index >= 15 is 0 Å². The van der Waals surface area contributed by atoms with Gasteiger partial charge in [-0.3, -0.25) is 0 Å². The van der Waals surface area contributed by atoms with Crippen molar-refractivity contribution in [2.45, 2.75) is 12.8 Å². The van der Waals surface area contributed by atoms with E-state index in [1.54, 1.807) is 0 Å². The first-order chi connectivity index (χ1) is 12.7. The third-order valence-electron chi connectivity index (χ3n) is 4.26. The minimum absolute atomic E-state index is 0. The molecule has 0 radical (unpaired) electrons. The van der Waals surface area contributed by atoms with Crippen LogP contribution < -0.4 is 0 Å². The molecular formula is C22H16BrCl2SZr-3. The van der Waals surface area contributed by atoms with E-state index in [0.717, 1.165) is 17.3 Å². The van der Waals surface area contributed by atoms with Crippen molar-refractivity contribution >= 4 is 52.5 Å². The van der Waals surface area contributed by atoms with Crippen LogP contribution in [0.25, 0.3) is 17.2 Å². The van der Waals surface area contributed by atoms with E-state index < -0.39 is 20.8 Å². The van der Waals surface area contributed by atoms with E-state index in [0.29, 0.717) is 0 Å². The number of allylic oxidation sites excluding steroid dienone is 1. The summed E-state index contributed by atoms with van der Waals surface area (Å²) in [6, 6.07) is 25.3. The van der Waals surface area contributed by atoms with Crippen LogP contribution in [0, 0.1) is 12.1 Å². The number of rotatable bonds is 0. The van der Waals surface area contributed by atoms with Crippen molar-refractivity contribution in [2.75, 3.05) is 0 Å². The van der Waals surface area contributed by atoms with Gasteiger partial charge in [-0.15, -0.1) is 92.8 Å². The minimum atomic E-state index is -0.826. The molecule has 0 fully saturated rings. The zero-order valence-corrected chi connectivity index (χ0v) is 20.8. The summed E-state index contributed by atoms with van der Waals surface area (Å²) in [5.74, 6) is 0. The van der Waals surface area contributed by atoms with Crippen molar-refractivity contribution in [1.82, 2.24) is 0 Å². The molecule has 0 N–H and O–H groups in total. The Morgan fingerprint density at radius 3 is 2.48 bits per heavy atom. The maximum atomic E-state index is 4.93. The van der Waals surface area contributed by atoms with E-state index in [2.05, 4.69) is 76.6 Å². The van der Waals surface area contributed by atoms with E-state index in [9.17, 15) is 0 Å². The summed E-state index contributed by atoms with van der Waals surface area (Å²) in [6.45, 7) is 0. The van der Waals surface area contributed by atoms with Crippen LogP contribution in [-0.4, -0.2) is 0 Å². The number of benzene rings is 3. The molecule has 0 spiro atoms. The summed E-state index contributed by atoms with van der Waals surface area (Å²) in [5.41, 5.74) is 8.06. The Morgan fingerprint density at radius 2 is 1.70 bits per heavy atom. The van der Waals surface area contributed by atoms with E-state index in [1.807, 2.05) is 18.2 Å². The minimum Gasteiger partial charge on any atom is -0.813 e. The third-order valence-corrected chi connectivity index (χ3v) is 4.71. The molecule has 0 atom stereocenters. The number of fused-ring (bicyclic) bond motifs is 4. The molecule has 2 aliphatic carbocycles. The monoisotopic (exact) mass is 551 g/mol. The molecule has 0 aliphatic heterocycles. The average Bonchev–Trinajstić information content (AvgIpc) is 3.26. The molecule has 3 aromatic carbocycles. The first-order valence-corrected chi connectivity index (χ1v) is 15.3. The Balaban J connectivity index is 0.000000175. The van der Waals surface area contributed by atoms with Gasteiger partial charge < -0.3 is 13.5 Å². The maximum absolute atomic E-state index is 4.93. The molecule has 0 nitrogen and oxygen atoms in total. The van der Waals surface area contributed by atoms with Crippen LogP contribution in [0.3, 0.4) is 0 Å². The second-order valence-electron chi connectivity index (χ2n) is 5.84. The fourth-order valence-electron chi connectivity index (χ4n) is 3.15. The molecule has 3 aromatic rings. The van der Waals surface area contributed by atoms with Crippen LogP contribution >= 0.6 is 33.0 Å². The number of halogens is 3. The third kappa shape index (κ3) is 6.08. The van der Waals surface area contributed by atoms with Gasteiger partial charge in [-0.25, -0.2) is 0 Å². The van der Waals surface area contributed by atoms with Crippen molar-refractivity contribution in [3.8, 4) is 11.1 Å². The smallest absolute Gasteiger partial charge is 0.0528 e. The van der Waals surface area contributed by atoms with Crippen LogP contribution in [0.2, 0.25) is 0 Å². The summed E-state index contributed by atoms with van der Waals surface area (Å²) >= 11 is 2.65. The van der Waals surface area contributed by atoms with Gasteiger partial charge in [0, 0.05) is 0 Å². The van der Waals surface area contributed by atoms with Crippen LogP contribution in [0.15, 0.2) is 65.1 Å². The molecule has 5 rings (SSSR count). The quantitative estimate of drug-likeness (QED) is 0.128. The van der Waals surface area contributed by atoms with E-state index in [1.165, 1.54) is 33.4 Å². The molecule has 0 saturated carbocycles. The van der Waals surface area contributed by atoms with E-state index in [-0.39, 0.29) is 13.5 Å². The molecule has 0 bridgehead atoms. The summed E-state index contributed by atoms with van der Waals surface area (Å²) in [4.78, 5) is 0. The standard InChI is InChI=1S/C13H8Br.C9H7.2ClH.H2S.Zr/c14-11-5-6-13-10(8-11)7-9-3-1-2-4-12(9)13;1-2-5-9-7-3-6-8(9)4-1;;;;/h1-5,8H,7H2;1-4,7H,6H2;2*1H;1H2;/q2*-1;;;;+2/p-3. The second kappa shape index (κ2) is 11.6. The average molecular weight is 554 g/mol. The second-order valence-corrected chi connectivity index (χ2v) is 10.5. The zero-order valence-electron chi connectivity index (χ0n) is 14.3. The summed E-state index contributed by atoms with van der Waals surface area (Å²) in [6.07, 6.45) is 6.42. The SMILES string of the molecule is Brc1c[c-]c2c(c1)Cc1ccccc1-2.[Cl][Zr][Cl].[SH-].[c-]1cccc2c1C=CC2. The Hall–Kier alpha value is -0.307. The van der Waals surface area contributed by atoms with Crippen LogP contribution in [0.1, 0.15) is 22.3 Å². The Kier molecular flexibility index (Phi) is 9.90. The van der Waals surface area contributed by atoms with Gasteiger partial charge in [0.15, 0.2) is 0 Å². The van der Waals surface area contributed by atoms with Gasteiger partial charge in [0.2, 0.25) is 0 Å². The van der Waals surface area contributed by atoms with Crippen molar-refractivity contribution in [3.63, 3.8) is 0 Å². The molecule has 27 heavy (non-hydrogen) atoms. The molecule has 138 valence electrons. The van der Waals surface area contributed by atoms with Crippen LogP contribution in [-0.2, 0) is 47.2 Å². The normalized spacial score (nSPS) is 11.5. The first-order valence-electron chi connectivity index (χ1n) is 8.13. The van der Waals surface area contributed by atoms with Gasteiger partial charge in [0.25, 0.3) is 0 Å². The largest absolute Gasteiger partial charge is 0.813 e. The molecule has 0 aromatic heterocycles. The zero-order chi connectivity index (χ0) is 18.4. The molecule has 0 heterocycles. The van der Waals surface area contributed by atoms with Crippen molar-refractivity contribution in [2.24, 2.45) is 0 Å². The fraction of sp³-hybridized carbons (Fsp3) is 0.0909. The molecule has 5 heteroatoms. The first kappa shape index (κ1) is 23.0. The number of thiol groups is 1. The summed E-state index contributed by atoms with van der Waals surface area (Å²) in [5, 5.41) is 0. The van der Waals surface area contributed by atoms with Gasteiger partial charge >= 0.3 is 37.9 Å².